The summed E-state index contributed by atoms with van der Waals surface area (Å²) in [5.74, 6) is 1.13. The molecule has 0 aromatic carbocycles. The Labute approximate surface area is 93.3 Å². The largest absolute Gasteiger partial charge is 0.494 e. The minimum Gasteiger partial charge on any atom is -0.494 e. The molecule has 0 radical (unpaired) electrons. The molecular formula is C11H12N4O. The standard InChI is InChI=1S/C11H12N4O/c1-7-9(14-6-15-11(7)12)10-8(16-2)4-3-5-13-10/h3-6H,1-2H3,(H2,12,14,15). The molecule has 5 nitrogen and oxygen atoms in total. The van der Waals surface area contributed by atoms with Crippen LogP contribution in [0.5, 0.6) is 5.75 Å². The molecule has 0 aliphatic heterocycles. The van der Waals surface area contributed by atoms with Crippen LogP contribution in [0.15, 0.2) is 24.7 Å². The van der Waals surface area contributed by atoms with E-state index in [-0.39, 0.29) is 0 Å². The van der Waals surface area contributed by atoms with Gasteiger partial charge in [-0.15, -0.1) is 0 Å². The van der Waals surface area contributed by atoms with Crippen LogP contribution in [0.1, 0.15) is 5.56 Å². The van der Waals surface area contributed by atoms with Crippen LogP contribution in [0.4, 0.5) is 5.82 Å². The number of anilines is 1. The van der Waals surface area contributed by atoms with Gasteiger partial charge in [0.1, 0.15) is 29.3 Å². The molecule has 2 heterocycles. The summed E-state index contributed by atoms with van der Waals surface area (Å²) in [6, 6.07) is 3.64. The number of nitrogen functional groups attached to an aromatic ring is 1. The van der Waals surface area contributed by atoms with Crippen LogP contribution in [0.25, 0.3) is 11.4 Å². The molecule has 16 heavy (non-hydrogen) atoms. The van der Waals surface area contributed by atoms with E-state index in [1.807, 2.05) is 19.1 Å². The smallest absolute Gasteiger partial charge is 0.146 e. The number of hydrogen-bond donors (Lipinski definition) is 1. The number of pyridine rings is 1. The van der Waals surface area contributed by atoms with Crippen molar-refractivity contribution in [3.8, 4) is 17.1 Å². The fourth-order valence-corrected chi connectivity index (χ4v) is 1.44. The van der Waals surface area contributed by atoms with E-state index in [9.17, 15) is 0 Å². The molecule has 0 spiro atoms. The number of ether oxygens (including phenoxy) is 1. The molecule has 0 saturated carbocycles. The molecule has 0 fully saturated rings. The van der Waals surface area contributed by atoms with Gasteiger partial charge in [-0.05, 0) is 19.1 Å². The zero-order valence-corrected chi connectivity index (χ0v) is 9.14. The molecule has 5 heteroatoms. The van der Waals surface area contributed by atoms with E-state index >= 15 is 0 Å². The van der Waals surface area contributed by atoms with Crippen molar-refractivity contribution in [1.82, 2.24) is 15.0 Å². The van der Waals surface area contributed by atoms with Gasteiger partial charge in [-0.25, -0.2) is 9.97 Å². The molecule has 82 valence electrons. The third-order valence-corrected chi connectivity index (χ3v) is 2.34. The predicted octanol–water partition coefficient (Wildman–Crippen LogP) is 1.44. The molecule has 0 aliphatic carbocycles. The number of nitrogens with zero attached hydrogens (tertiary/aromatic N) is 3. The van der Waals surface area contributed by atoms with Gasteiger partial charge in [0.15, 0.2) is 0 Å². The van der Waals surface area contributed by atoms with Crippen LogP contribution >= 0.6 is 0 Å². The lowest BCUT2D eigenvalue weighted by molar-refractivity contribution is 0.414. The second-order valence-corrected chi connectivity index (χ2v) is 3.29. The van der Waals surface area contributed by atoms with E-state index in [0.29, 0.717) is 23.0 Å². The number of nitrogens with two attached hydrogens (primary N) is 1. The van der Waals surface area contributed by atoms with Gasteiger partial charge in [0.05, 0.1) is 7.11 Å². The molecule has 0 amide bonds. The summed E-state index contributed by atoms with van der Waals surface area (Å²) in [6.07, 6.45) is 3.11. The second-order valence-electron chi connectivity index (χ2n) is 3.29. The maximum atomic E-state index is 5.73. The van der Waals surface area contributed by atoms with Gasteiger partial charge in [0.25, 0.3) is 0 Å². The van der Waals surface area contributed by atoms with Crippen molar-refractivity contribution in [2.75, 3.05) is 12.8 Å². The van der Waals surface area contributed by atoms with E-state index in [4.69, 9.17) is 10.5 Å². The van der Waals surface area contributed by atoms with Gasteiger partial charge in [0.2, 0.25) is 0 Å². The summed E-state index contributed by atoms with van der Waals surface area (Å²) < 4.78 is 5.23. The van der Waals surface area contributed by atoms with Crippen molar-refractivity contribution in [1.29, 1.82) is 0 Å². The second kappa shape index (κ2) is 4.14. The van der Waals surface area contributed by atoms with Crippen molar-refractivity contribution >= 4 is 5.82 Å². The molecule has 0 unspecified atom stereocenters. The Morgan fingerprint density at radius 3 is 2.75 bits per heavy atom. The van der Waals surface area contributed by atoms with Gasteiger partial charge in [-0.1, -0.05) is 0 Å². The zero-order valence-electron chi connectivity index (χ0n) is 9.14. The summed E-state index contributed by atoms with van der Waals surface area (Å²) in [4.78, 5) is 12.4. The van der Waals surface area contributed by atoms with Crippen LogP contribution in [0.3, 0.4) is 0 Å². The predicted molar refractivity (Wildman–Crippen MR) is 61.0 cm³/mol. The Morgan fingerprint density at radius 1 is 1.19 bits per heavy atom. The van der Waals surface area contributed by atoms with Gasteiger partial charge in [0, 0.05) is 11.8 Å². The number of hydrogen-bond acceptors (Lipinski definition) is 5. The zero-order chi connectivity index (χ0) is 11.5. The molecule has 0 aliphatic rings. The quantitative estimate of drug-likeness (QED) is 0.822. The normalized spacial score (nSPS) is 10.1. The summed E-state index contributed by atoms with van der Waals surface area (Å²) in [5, 5.41) is 0. The van der Waals surface area contributed by atoms with E-state index in [2.05, 4.69) is 15.0 Å². The van der Waals surface area contributed by atoms with Crippen LogP contribution in [-0.4, -0.2) is 22.1 Å². The highest BCUT2D eigenvalue weighted by Crippen LogP contribution is 2.28. The molecule has 0 atom stereocenters. The lowest BCUT2D eigenvalue weighted by atomic mass is 10.1. The van der Waals surface area contributed by atoms with Crippen molar-refractivity contribution in [2.24, 2.45) is 0 Å². The fourth-order valence-electron chi connectivity index (χ4n) is 1.44. The lowest BCUT2D eigenvalue weighted by Crippen LogP contribution is -2.00. The first kappa shape index (κ1) is 10.4. The summed E-state index contributed by atoms with van der Waals surface area (Å²) >= 11 is 0. The minimum atomic E-state index is 0.456. The maximum absolute atomic E-state index is 5.73. The van der Waals surface area contributed by atoms with Gasteiger partial charge in [-0.2, -0.15) is 0 Å². The molecule has 2 N–H and O–H groups in total. The Hall–Kier alpha value is -2.17. The molecule has 0 saturated heterocycles. The van der Waals surface area contributed by atoms with Crippen molar-refractivity contribution in [2.45, 2.75) is 6.92 Å². The van der Waals surface area contributed by atoms with Gasteiger partial charge in [-0.3, -0.25) is 4.98 Å². The summed E-state index contributed by atoms with van der Waals surface area (Å²) in [5.41, 5.74) is 7.91. The Morgan fingerprint density at radius 2 is 2.00 bits per heavy atom. The molecular weight excluding hydrogens is 204 g/mol. The average molecular weight is 216 g/mol. The van der Waals surface area contributed by atoms with E-state index in [0.717, 1.165) is 5.56 Å². The Bertz CT molecular complexity index is 513. The third kappa shape index (κ3) is 1.67. The fraction of sp³-hybridized carbons (Fsp3) is 0.182. The van der Waals surface area contributed by atoms with Gasteiger partial charge >= 0.3 is 0 Å². The number of methoxy groups -OCH3 is 1. The van der Waals surface area contributed by atoms with Crippen molar-refractivity contribution in [3.05, 3.63) is 30.2 Å². The highest BCUT2D eigenvalue weighted by molar-refractivity contribution is 5.68. The highest BCUT2D eigenvalue weighted by Gasteiger charge is 2.12. The first-order valence-electron chi connectivity index (χ1n) is 4.80. The molecule has 0 bridgehead atoms. The van der Waals surface area contributed by atoms with Crippen molar-refractivity contribution in [3.63, 3.8) is 0 Å². The summed E-state index contributed by atoms with van der Waals surface area (Å²) in [6.45, 7) is 1.86. The molecule has 2 aromatic heterocycles. The van der Waals surface area contributed by atoms with Gasteiger partial charge < -0.3 is 10.5 Å². The minimum absolute atomic E-state index is 0.456. The number of aromatic nitrogens is 3. The SMILES string of the molecule is COc1cccnc1-c1ncnc(N)c1C. The topological polar surface area (TPSA) is 73.9 Å². The van der Waals surface area contributed by atoms with Crippen molar-refractivity contribution < 1.29 is 4.74 Å². The lowest BCUT2D eigenvalue weighted by Gasteiger charge is -2.09. The first-order chi connectivity index (χ1) is 7.74. The van der Waals surface area contributed by atoms with E-state index in [1.54, 1.807) is 13.3 Å². The molecule has 2 rings (SSSR count). The Balaban J connectivity index is 2.63. The van der Waals surface area contributed by atoms with Crippen LogP contribution in [0, 0.1) is 6.92 Å². The van der Waals surface area contributed by atoms with Crippen LogP contribution in [0.2, 0.25) is 0 Å². The Kier molecular flexibility index (Phi) is 2.68. The highest BCUT2D eigenvalue weighted by atomic mass is 16.5. The number of rotatable bonds is 2. The van der Waals surface area contributed by atoms with E-state index in [1.165, 1.54) is 6.33 Å². The monoisotopic (exact) mass is 216 g/mol. The van der Waals surface area contributed by atoms with Crippen LogP contribution in [-0.2, 0) is 0 Å². The molecule has 2 aromatic rings. The summed E-state index contributed by atoms with van der Waals surface area (Å²) in [7, 11) is 1.60. The first-order valence-corrected chi connectivity index (χ1v) is 4.80. The average Bonchev–Trinajstić information content (AvgIpc) is 2.33. The van der Waals surface area contributed by atoms with E-state index < -0.39 is 0 Å². The maximum Gasteiger partial charge on any atom is 0.146 e. The van der Waals surface area contributed by atoms with Crippen LogP contribution < -0.4 is 10.5 Å². The third-order valence-electron chi connectivity index (χ3n) is 2.34.